The molecule has 1 aliphatic rings. The molecule has 0 aliphatic carbocycles. The molecule has 1 saturated heterocycles. The van der Waals surface area contributed by atoms with Crippen LogP contribution < -0.4 is 10.2 Å². The molecule has 1 atom stereocenters. The number of nitrogens with zero attached hydrogens (tertiary/aromatic N) is 2. The van der Waals surface area contributed by atoms with Crippen LogP contribution in [-0.4, -0.2) is 30.7 Å². The number of anilines is 1. The molecule has 0 saturated carbocycles. The van der Waals surface area contributed by atoms with Crippen molar-refractivity contribution < 1.29 is 9.32 Å². The van der Waals surface area contributed by atoms with Gasteiger partial charge in [-0.2, -0.15) is 0 Å². The van der Waals surface area contributed by atoms with Gasteiger partial charge in [0.15, 0.2) is 5.58 Å². The van der Waals surface area contributed by atoms with Gasteiger partial charge in [-0.05, 0) is 49.1 Å². The lowest BCUT2D eigenvalue weighted by molar-refractivity contribution is -0.120. The molecule has 3 aromatic rings. The first-order valence-corrected chi connectivity index (χ1v) is 9.59. The minimum atomic E-state index is -0.0218. The average Bonchev–Trinajstić information content (AvgIpc) is 3.30. The second kappa shape index (κ2) is 7.61. The van der Waals surface area contributed by atoms with Crippen molar-refractivity contribution in [2.75, 3.05) is 24.5 Å². The molecule has 0 bridgehead atoms. The Labute approximate surface area is 163 Å². The van der Waals surface area contributed by atoms with Crippen molar-refractivity contribution in [1.82, 2.24) is 10.5 Å². The summed E-state index contributed by atoms with van der Waals surface area (Å²) in [6.45, 7) is 4.68. The molecule has 1 fully saturated rings. The van der Waals surface area contributed by atoms with Gasteiger partial charge in [-0.25, -0.2) is 0 Å². The van der Waals surface area contributed by atoms with Crippen LogP contribution in [0, 0.1) is 12.8 Å². The first-order chi connectivity index (χ1) is 13.1. The second-order valence-electron chi connectivity index (χ2n) is 7.14. The Hall–Kier alpha value is -2.53. The molecule has 4 rings (SSSR count). The predicted octanol–water partition coefficient (Wildman–Crippen LogP) is 3.97. The molecule has 6 heteroatoms. The van der Waals surface area contributed by atoms with Crippen LogP contribution in [0.1, 0.15) is 17.7 Å². The Balaban J connectivity index is 1.32. The van der Waals surface area contributed by atoms with Crippen molar-refractivity contribution >= 4 is 34.2 Å². The Morgan fingerprint density at radius 3 is 3.07 bits per heavy atom. The quantitative estimate of drug-likeness (QED) is 0.724. The molecule has 1 unspecified atom stereocenters. The Kier molecular flexibility index (Phi) is 5.03. The van der Waals surface area contributed by atoms with Crippen molar-refractivity contribution in [3.8, 4) is 0 Å². The van der Waals surface area contributed by atoms with Crippen LogP contribution in [0.15, 0.2) is 47.0 Å². The van der Waals surface area contributed by atoms with Crippen LogP contribution in [-0.2, 0) is 11.2 Å². The maximum atomic E-state index is 12.3. The molecule has 1 aromatic heterocycles. The van der Waals surface area contributed by atoms with Gasteiger partial charge in [0.05, 0.1) is 6.42 Å². The fraction of sp³-hybridized carbons (Fsp3) is 0.333. The van der Waals surface area contributed by atoms with Gasteiger partial charge in [0.25, 0.3) is 0 Å². The number of fused-ring (bicyclic) bond motifs is 1. The van der Waals surface area contributed by atoms with Crippen molar-refractivity contribution in [3.05, 3.63) is 58.7 Å². The monoisotopic (exact) mass is 383 g/mol. The normalized spacial score (nSPS) is 16.8. The number of halogens is 1. The van der Waals surface area contributed by atoms with E-state index in [1.807, 2.05) is 36.4 Å². The zero-order valence-corrected chi connectivity index (χ0v) is 16.0. The lowest BCUT2D eigenvalue weighted by Crippen LogP contribution is -2.32. The van der Waals surface area contributed by atoms with Crippen molar-refractivity contribution in [1.29, 1.82) is 0 Å². The molecule has 5 nitrogen and oxygen atoms in total. The molecule has 1 aliphatic heterocycles. The number of amides is 1. The maximum Gasteiger partial charge on any atom is 0.226 e. The van der Waals surface area contributed by atoms with Crippen molar-refractivity contribution in [2.45, 2.75) is 19.8 Å². The number of carbonyl (C=O) groups excluding carboxylic acids is 1. The Bertz CT molecular complexity index is 969. The van der Waals surface area contributed by atoms with Gasteiger partial charge in [0, 0.05) is 35.7 Å². The van der Waals surface area contributed by atoms with Crippen LogP contribution in [0.4, 0.5) is 5.69 Å². The SMILES string of the molecule is Cc1ccc(Cl)cc1N1CCC(CNC(=O)Cc2noc3ccccc23)C1. The maximum absolute atomic E-state index is 12.3. The average molecular weight is 384 g/mol. The third kappa shape index (κ3) is 3.93. The number of hydrogen-bond donors (Lipinski definition) is 1. The van der Waals surface area contributed by atoms with E-state index in [2.05, 4.69) is 28.4 Å². The van der Waals surface area contributed by atoms with Gasteiger partial charge in [-0.1, -0.05) is 35.0 Å². The summed E-state index contributed by atoms with van der Waals surface area (Å²) < 4.78 is 5.26. The summed E-state index contributed by atoms with van der Waals surface area (Å²) in [6.07, 6.45) is 1.29. The molecule has 27 heavy (non-hydrogen) atoms. The highest BCUT2D eigenvalue weighted by atomic mass is 35.5. The molecule has 0 radical (unpaired) electrons. The van der Waals surface area contributed by atoms with Crippen LogP contribution >= 0.6 is 11.6 Å². The third-order valence-corrected chi connectivity index (χ3v) is 5.40. The number of aromatic nitrogens is 1. The van der Waals surface area contributed by atoms with Gasteiger partial charge in [0.2, 0.25) is 5.91 Å². The third-order valence-electron chi connectivity index (χ3n) is 5.17. The van der Waals surface area contributed by atoms with E-state index in [-0.39, 0.29) is 12.3 Å². The number of benzene rings is 2. The topological polar surface area (TPSA) is 58.4 Å². The summed E-state index contributed by atoms with van der Waals surface area (Å²) in [5, 5.41) is 8.74. The van der Waals surface area contributed by atoms with Gasteiger partial charge in [-0.15, -0.1) is 0 Å². The fourth-order valence-corrected chi connectivity index (χ4v) is 3.85. The Morgan fingerprint density at radius 2 is 2.19 bits per heavy atom. The van der Waals surface area contributed by atoms with E-state index in [1.165, 1.54) is 11.3 Å². The molecular formula is C21H22ClN3O2. The van der Waals surface area contributed by atoms with Gasteiger partial charge in [0.1, 0.15) is 5.69 Å². The van der Waals surface area contributed by atoms with Crippen LogP contribution in [0.5, 0.6) is 0 Å². The molecule has 140 valence electrons. The largest absolute Gasteiger partial charge is 0.371 e. The van der Waals surface area contributed by atoms with E-state index in [4.69, 9.17) is 16.1 Å². The highest BCUT2D eigenvalue weighted by Crippen LogP contribution is 2.29. The fourth-order valence-electron chi connectivity index (χ4n) is 3.68. The first kappa shape index (κ1) is 17.9. The number of nitrogens with one attached hydrogen (secondary N) is 1. The molecule has 2 aromatic carbocycles. The summed E-state index contributed by atoms with van der Waals surface area (Å²) in [4.78, 5) is 14.7. The summed E-state index contributed by atoms with van der Waals surface area (Å²) in [7, 11) is 0. The minimum Gasteiger partial charge on any atom is -0.371 e. The van der Waals surface area contributed by atoms with Crippen LogP contribution in [0.25, 0.3) is 11.0 Å². The predicted molar refractivity (Wildman–Crippen MR) is 107 cm³/mol. The van der Waals surface area contributed by atoms with Gasteiger partial charge in [-0.3, -0.25) is 4.79 Å². The highest BCUT2D eigenvalue weighted by Gasteiger charge is 2.24. The van der Waals surface area contributed by atoms with Crippen LogP contribution in [0.3, 0.4) is 0 Å². The first-order valence-electron chi connectivity index (χ1n) is 9.21. The molecule has 1 N–H and O–H groups in total. The highest BCUT2D eigenvalue weighted by molar-refractivity contribution is 6.30. The van der Waals surface area contributed by atoms with E-state index >= 15 is 0 Å². The number of para-hydroxylation sites is 1. The summed E-state index contributed by atoms with van der Waals surface area (Å²) in [5.41, 5.74) is 3.81. The van der Waals surface area contributed by atoms with Gasteiger partial charge < -0.3 is 14.7 Å². The number of hydrogen-bond acceptors (Lipinski definition) is 4. The van der Waals surface area contributed by atoms with Gasteiger partial charge >= 0.3 is 0 Å². The number of aryl methyl sites for hydroxylation is 1. The molecule has 2 heterocycles. The zero-order valence-electron chi connectivity index (χ0n) is 15.2. The lowest BCUT2D eigenvalue weighted by Gasteiger charge is -2.21. The summed E-state index contributed by atoms with van der Waals surface area (Å²) in [5.74, 6) is 0.410. The van der Waals surface area contributed by atoms with Crippen molar-refractivity contribution in [2.24, 2.45) is 5.92 Å². The zero-order chi connectivity index (χ0) is 18.8. The number of carbonyl (C=O) groups is 1. The van der Waals surface area contributed by atoms with E-state index in [9.17, 15) is 4.79 Å². The van der Waals surface area contributed by atoms with E-state index in [0.717, 1.165) is 29.9 Å². The van der Waals surface area contributed by atoms with Crippen molar-refractivity contribution in [3.63, 3.8) is 0 Å². The standard InChI is InChI=1S/C21H22ClN3O2/c1-14-6-7-16(22)10-19(14)25-9-8-15(13-25)12-23-21(26)11-18-17-4-2-3-5-20(17)27-24-18/h2-7,10,15H,8-9,11-13H2,1H3,(H,23,26). The summed E-state index contributed by atoms with van der Waals surface area (Å²) in [6, 6.07) is 13.6. The van der Waals surface area contributed by atoms with E-state index in [0.29, 0.717) is 23.7 Å². The lowest BCUT2D eigenvalue weighted by atomic mass is 10.1. The number of rotatable bonds is 5. The molecule has 1 amide bonds. The minimum absolute atomic E-state index is 0.0218. The van der Waals surface area contributed by atoms with E-state index < -0.39 is 0 Å². The Morgan fingerprint density at radius 1 is 1.33 bits per heavy atom. The van der Waals surface area contributed by atoms with Crippen LogP contribution in [0.2, 0.25) is 5.02 Å². The van der Waals surface area contributed by atoms with E-state index in [1.54, 1.807) is 0 Å². The smallest absolute Gasteiger partial charge is 0.226 e. The second-order valence-corrected chi connectivity index (χ2v) is 7.57. The molecule has 0 spiro atoms. The summed E-state index contributed by atoms with van der Waals surface area (Å²) >= 11 is 6.15. The molecular weight excluding hydrogens is 362 g/mol.